The minimum Gasteiger partial charge on any atom is -0.322 e. The molecule has 0 radical (unpaired) electrons. The van der Waals surface area contributed by atoms with E-state index in [2.05, 4.69) is 20.5 Å². The molecule has 2 aromatic heterocycles. The number of anilines is 1. The molecule has 0 aliphatic heterocycles. The van der Waals surface area contributed by atoms with E-state index in [1.54, 1.807) is 18.5 Å². The molecule has 0 aliphatic rings. The molecular formula is C17H14N4O. The van der Waals surface area contributed by atoms with Gasteiger partial charge in [0, 0.05) is 18.1 Å². The molecule has 0 saturated carbocycles. The van der Waals surface area contributed by atoms with E-state index in [4.69, 9.17) is 0 Å². The average molecular weight is 290 g/mol. The van der Waals surface area contributed by atoms with E-state index >= 15 is 0 Å². The van der Waals surface area contributed by atoms with Crippen LogP contribution in [0.15, 0.2) is 67.3 Å². The average Bonchev–Trinajstić information content (AvgIpc) is 2.58. The standard InChI is InChI=1S/C17H14N4O/c22-17(15-7-10-19-20-12-15)21-16-3-1-13(2-4-16)11-14-5-8-18-9-6-14/h1-10,12H,11H2,(H,21,22). The second-order valence-corrected chi connectivity index (χ2v) is 4.81. The molecule has 5 nitrogen and oxygen atoms in total. The molecule has 108 valence electrons. The minimum absolute atomic E-state index is 0.197. The van der Waals surface area contributed by atoms with Crippen LogP contribution in [0.1, 0.15) is 21.5 Å². The maximum absolute atomic E-state index is 12.0. The third-order valence-electron chi connectivity index (χ3n) is 3.22. The molecule has 0 fully saturated rings. The SMILES string of the molecule is O=C(Nc1ccc(Cc2ccncc2)cc1)c1ccnnc1. The van der Waals surface area contributed by atoms with Crippen LogP contribution in [0.3, 0.4) is 0 Å². The lowest BCUT2D eigenvalue weighted by Crippen LogP contribution is -2.12. The number of carbonyl (C=O) groups excluding carboxylic acids is 1. The van der Waals surface area contributed by atoms with Gasteiger partial charge in [-0.3, -0.25) is 9.78 Å². The molecule has 0 bridgehead atoms. The van der Waals surface area contributed by atoms with Gasteiger partial charge in [0.25, 0.3) is 5.91 Å². The van der Waals surface area contributed by atoms with Gasteiger partial charge in [-0.1, -0.05) is 12.1 Å². The van der Waals surface area contributed by atoms with E-state index in [9.17, 15) is 4.79 Å². The van der Waals surface area contributed by atoms with E-state index in [1.165, 1.54) is 23.5 Å². The molecule has 1 N–H and O–H groups in total. The van der Waals surface area contributed by atoms with Gasteiger partial charge in [-0.05, 0) is 47.9 Å². The second-order valence-electron chi connectivity index (χ2n) is 4.81. The number of benzene rings is 1. The molecule has 0 saturated heterocycles. The summed E-state index contributed by atoms with van der Waals surface area (Å²) in [6, 6.07) is 13.4. The highest BCUT2D eigenvalue weighted by Gasteiger charge is 2.06. The number of nitrogens with zero attached hydrogens (tertiary/aromatic N) is 3. The lowest BCUT2D eigenvalue weighted by atomic mass is 10.1. The fourth-order valence-corrected chi connectivity index (χ4v) is 2.07. The molecule has 5 heteroatoms. The maximum Gasteiger partial charge on any atom is 0.257 e. The maximum atomic E-state index is 12.0. The number of amides is 1. The van der Waals surface area contributed by atoms with Crippen molar-refractivity contribution in [1.82, 2.24) is 15.2 Å². The van der Waals surface area contributed by atoms with Crippen LogP contribution in [0, 0.1) is 0 Å². The van der Waals surface area contributed by atoms with Crippen molar-refractivity contribution in [2.24, 2.45) is 0 Å². The molecule has 0 aliphatic carbocycles. The van der Waals surface area contributed by atoms with Gasteiger partial charge < -0.3 is 5.32 Å². The Balaban J connectivity index is 1.66. The molecule has 0 spiro atoms. The zero-order chi connectivity index (χ0) is 15.2. The van der Waals surface area contributed by atoms with Gasteiger partial charge in [-0.15, -0.1) is 0 Å². The van der Waals surface area contributed by atoms with Crippen LogP contribution in [0.25, 0.3) is 0 Å². The fourth-order valence-electron chi connectivity index (χ4n) is 2.07. The van der Waals surface area contributed by atoms with Crippen LogP contribution >= 0.6 is 0 Å². The normalized spacial score (nSPS) is 10.2. The Morgan fingerprint density at radius 2 is 1.59 bits per heavy atom. The third-order valence-corrected chi connectivity index (χ3v) is 3.22. The van der Waals surface area contributed by atoms with Crippen molar-refractivity contribution >= 4 is 11.6 Å². The Hall–Kier alpha value is -3.08. The first-order valence-corrected chi connectivity index (χ1v) is 6.87. The van der Waals surface area contributed by atoms with Crippen molar-refractivity contribution in [2.45, 2.75) is 6.42 Å². The van der Waals surface area contributed by atoms with Crippen LogP contribution in [-0.2, 0) is 6.42 Å². The molecular weight excluding hydrogens is 276 g/mol. The summed E-state index contributed by atoms with van der Waals surface area (Å²) in [6.07, 6.45) is 7.34. The van der Waals surface area contributed by atoms with Crippen LogP contribution in [0.5, 0.6) is 0 Å². The topological polar surface area (TPSA) is 67.8 Å². The van der Waals surface area contributed by atoms with Gasteiger partial charge in [-0.25, -0.2) is 0 Å². The zero-order valence-corrected chi connectivity index (χ0v) is 11.8. The van der Waals surface area contributed by atoms with Gasteiger partial charge in [-0.2, -0.15) is 10.2 Å². The van der Waals surface area contributed by atoms with Crippen molar-refractivity contribution in [3.8, 4) is 0 Å². The second kappa shape index (κ2) is 6.58. The van der Waals surface area contributed by atoms with Gasteiger partial charge in [0.15, 0.2) is 0 Å². The predicted octanol–water partition coefficient (Wildman–Crippen LogP) is 2.71. The van der Waals surface area contributed by atoms with E-state index in [0.29, 0.717) is 5.56 Å². The highest BCUT2D eigenvalue weighted by molar-refractivity contribution is 6.03. The van der Waals surface area contributed by atoms with Crippen molar-refractivity contribution in [2.75, 3.05) is 5.32 Å². The number of carbonyl (C=O) groups is 1. The van der Waals surface area contributed by atoms with Gasteiger partial charge >= 0.3 is 0 Å². The molecule has 22 heavy (non-hydrogen) atoms. The number of pyridine rings is 1. The summed E-state index contributed by atoms with van der Waals surface area (Å²) in [5, 5.41) is 10.2. The molecule has 3 aromatic rings. The first-order valence-electron chi connectivity index (χ1n) is 6.87. The Morgan fingerprint density at radius 1 is 0.864 bits per heavy atom. The molecule has 2 heterocycles. The molecule has 0 unspecified atom stereocenters. The summed E-state index contributed by atoms with van der Waals surface area (Å²) in [5.74, 6) is -0.197. The fraction of sp³-hybridized carbons (Fsp3) is 0.0588. The highest BCUT2D eigenvalue weighted by atomic mass is 16.1. The lowest BCUT2D eigenvalue weighted by molar-refractivity contribution is 0.102. The summed E-state index contributed by atoms with van der Waals surface area (Å²) in [4.78, 5) is 16.0. The number of hydrogen-bond donors (Lipinski definition) is 1. The van der Waals surface area contributed by atoms with Crippen molar-refractivity contribution in [3.63, 3.8) is 0 Å². The van der Waals surface area contributed by atoms with Gasteiger partial charge in [0.05, 0.1) is 18.0 Å². The lowest BCUT2D eigenvalue weighted by Gasteiger charge is -2.06. The van der Waals surface area contributed by atoms with Crippen LogP contribution in [0.4, 0.5) is 5.69 Å². The monoisotopic (exact) mass is 290 g/mol. The highest BCUT2D eigenvalue weighted by Crippen LogP contribution is 2.14. The minimum atomic E-state index is -0.197. The molecule has 1 amide bonds. The van der Waals surface area contributed by atoms with E-state index < -0.39 is 0 Å². The summed E-state index contributed by atoms with van der Waals surface area (Å²) < 4.78 is 0. The summed E-state index contributed by atoms with van der Waals surface area (Å²) in [6.45, 7) is 0. The van der Waals surface area contributed by atoms with Crippen molar-refractivity contribution in [1.29, 1.82) is 0 Å². The number of nitrogens with one attached hydrogen (secondary N) is 1. The number of rotatable bonds is 4. The number of hydrogen-bond acceptors (Lipinski definition) is 4. The molecule has 0 atom stereocenters. The van der Waals surface area contributed by atoms with Crippen LogP contribution < -0.4 is 5.32 Å². The largest absolute Gasteiger partial charge is 0.322 e. The summed E-state index contributed by atoms with van der Waals surface area (Å²) in [7, 11) is 0. The van der Waals surface area contributed by atoms with Crippen LogP contribution in [-0.4, -0.2) is 21.1 Å². The summed E-state index contributed by atoms with van der Waals surface area (Å²) >= 11 is 0. The first-order chi connectivity index (χ1) is 10.8. The predicted molar refractivity (Wildman–Crippen MR) is 83.5 cm³/mol. The van der Waals surface area contributed by atoms with Crippen molar-refractivity contribution in [3.05, 3.63) is 83.9 Å². The van der Waals surface area contributed by atoms with Crippen LogP contribution in [0.2, 0.25) is 0 Å². The number of aromatic nitrogens is 3. The van der Waals surface area contributed by atoms with E-state index in [-0.39, 0.29) is 5.91 Å². The van der Waals surface area contributed by atoms with Gasteiger partial charge in [0.1, 0.15) is 0 Å². The Morgan fingerprint density at radius 3 is 2.27 bits per heavy atom. The molecule has 1 aromatic carbocycles. The Labute approximate surface area is 128 Å². The smallest absolute Gasteiger partial charge is 0.257 e. The van der Waals surface area contributed by atoms with E-state index in [0.717, 1.165) is 12.1 Å². The first kappa shape index (κ1) is 13.9. The van der Waals surface area contributed by atoms with Gasteiger partial charge in [0.2, 0.25) is 0 Å². The Kier molecular flexibility index (Phi) is 4.15. The third kappa shape index (κ3) is 3.52. The van der Waals surface area contributed by atoms with Crippen molar-refractivity contribution < 1.29 is 4.79 Å². The summed E-state index contributed by atoms with van der Waals surface area (Å²) in [5.41, 5.74) is 3.61. The molecule has 3 rings (SSSR count). The quantitative estimate of drug-likeness (QED) is 0.802. The van der Waals surface area contributed by atoms with E-state index in [1.807, 2.05) is 36.4 Å². The Bertz CT molecular complexity index is 743. The zero-order valence-electron chi connectivity index (χ0n) is 11.8.